The second kappa shape index (κ2) is 22.2. The van der Waals surface area contributed by atoms with Crippen molar-refractivity contribution in [2.45, 2.75) is 50.9 Å². The third-order valence-corrected chi connectivity index (χ3v) is 12.1. The number of ether oxygens (including phenoxy) is 4. The zero-order chi connectivity index (χ0) is 49.4. The van der Waals surface area contributed by atoms with Gasteiger partial charge < -0.3 is 34.5 Å². The van der Waals surface area contributed by atoms with Gasteiger partial charge in [0.2, 0.25) is 11.8 Å². The Bertz CT molecular complexity index is 2860. The number of carbonyl (C=O) groups is 5. The van der Waals surface area contributed by atoms with Crippen molar-refractivity contribution in [3.8, 4) is 11.8 Å². The molecule has 5 amide bonds. The predicted molar refractivity (Wildman–Crippen MR) is 250 cm³/mol. The molecule has 0 spiro atoms. The lowest BCUT2D eigenvalue weighted by atomic mass is 10.0. The summed E-state index contributed by atoms with van der Waals surface area (Å²) in [6.07, 6.45) is -1.21. The lowest BCUT2D eigenvalue weighted by Crippen LogP contribution is -2.54. The van der Waals surface area contributed by atoms with Crippen molar-refractivity contribution in [3.05, 3.63) is 117 Å². The maximum atomic E-state index is 13.3. The molecule has 17 nitrogen and oxygen atoms in total. The van der Waals surface area contributed by atoms with Crippen LogP contribution < -0.4 is 20.9 Å². The van der Waals surface area contributed by atoms with Crippen LogP contribution in [0.25, 0.3) is 5.65 Å². The maximum Gasteiger partial charge on any atom is 0.416 e. The molecule has 3 aromatic carbocycles. The Kier molecular flexibility index (Phi) is 15.7. The number of piperidine rings is 2. The summed E-state index contributed by atoms with van der Waals surface area (Å²) in [5.41, 5.74) is 2.27. The van der Waals surface area contributed by atoms with E-state index in [-0.39, 0.29) is 46.3 Å². The van der Waals surface area contributed by atoms with E-state index in [2.05, 4.69) is 37.7 Å². The van der Waals surface area contributed by atoms with Crippen LogP contribution in [-0.4, -0.2) is 127 Å². The van der Waals surface area contributed by atoms with Crippen molar-refractivity contribution in [1.82, 2.24) is 24.8 Å². The van der Waals surface area contributed by atoms with Gasteiger partial charge in [-0.2, -0.15) is 13.2 Å². The quantitative estimate of drug-likeness (QED) is 0.0534. The number of alkyl halides is 3. The smallest absolute Gasteiger partial charge is 0.382 e. The number of rotatable bonds is 18. The topological polar surface area (TPSA) is 195 Å². The SMILES string of the molecule is Cc1c(C#Cc2cnc3ccc(N4CCC(OCCOCCOCCOCCNc5cccc6c5C(=O)N(C5CCC(=O)NC5=O)C6=O)CC4)nn23)cccc1C(=O)Nc1cc(Cl)cc(C(F)(F)F)c1. The number of hydrogen-bond donors (Lipinski definition) is 3. The number of nitrogens with one attached hydrogen (secondary N) is 3. The molecule has 21 heteroatoms. The highest BCUT2D eigenvalue weighted by Crippen LogP contribution is 2.34. The molecule has 8 rings (SSSR count). The molecule has 2 fully saturated rings. The van der Waals surface area contributed by atoms with E-state index in [4.69, 9.17) is 35.6 Å². The van der Waals surface area contributed by atoms with E-state index in [1.165, 1.54) is 6.07 Å². The number of imidazole rings is 1. The highest BCUT2D eigenvalue weighted by atomic mass is 35.5. The number of amides is 5. The Morgan fingerprint density at radius 3 is 2.34 bits per heavy atom. The van der Waals surface area contributed by atoms with Crippen LogP contribution in [0.3, 0.4) is 0 Å². The summed E-state index contributed by atoms with van der Waals surface area (Å²) in [6, 6.07) is 15.5. The number of benzene rings is 3. The second-order valence-corrected chi connectivity index (χ2v) is 16.9. The number of fused-ring (bicyclic) bond motifs is 2. The molecule has 0 aliphatic carbocycles. The number of hydrogen-bond acceptors (Lipinski definition) is 13. The van der Waals surface area contributed by atoms with Crippen LogP contribution in [0, 0.1) is 18.8 Å². The molecule has 2 aromatic heterocycles. The Hall–Kier alpha value is -6.89. The van der Waals surface area contributed by atoms with Gasteiger partial charge in [-0.25, -0.2) is 9.50 Å². The van der Waals surface area contributed by atoms with Gasteiger partial charge in [0, 0.05) is 53.6 Å². The summed E-state index contributed by atoms with van der Waals surface area (Å²) in [5.74, 6) is 4.13. The molecule has 5 heterocycles. The van der Waals surface area contributed by atoms with Crippen LogP contribution in [0.2, 0.25) is 5.02 Å². The molecule has 3 N–H and O–H groups in total. The molecule has 5 aromatic rings. The molecule has 0 radical (unpaired) electrons. The molecule has 3 aliphatic heterocycles. The van der Waals surface area contributed by atoms with Crippen molar-refractivity contribution in [3.63, 3.8) is 0 Å². The first-order valence-electron chi connectivity index (χ1n) is 22.6. The maximum absolute atomic E-state index is 13.3. The summed E-state index contributed by atoms with van der Waals surface area (Å²) in [6.45, 7) is 6.18. The fourth-order valence-corrected chi connectivity index (χ4v) is 8.51. The number of nitrogens with zero attached hydrogens (tertiary/aromatic N) is 5. The number of imide groups is 2. The minimum atomic E-state index is -4.63. The molecule has 366 valence electrons. The fraction of sp³-hybridized carbons (Fsp3) is 0.367. The van der Waals surface area contributed by atoms with Crippen LogP contribution >= 0.6 is 11.6 Å². The summed E-state index contributed by atoms with van der Waals surface area (Å²) in [5, 5.41) is 12.5. The van der Waals surface area contributed by atoms with Crippen molar-refractivity contribution in [2.75, 3.05) is 81.4 Å². The van der Waals surface area contributed by atoms with Crippen molar-refractivity contribution < 1.29 is 56.1 Å². The van der Waals surface area contributed by atoms with Gasteiger partial charge >= 0.3 is 6.18 Å². The van der Waals surface area contributed by atoms with E-state index in [0.717, 1.165) is 48.8 Å². The average molecular weight is 985 g/mol. The van der Waals surface area contributed by atoms with Crippen LogP contribution in [0.15, 0.2) is 72.9 Å². The first kappa shape index (κ1) is 49.5. The fourth-order valence-electron chi connectivity index (χ4n) is 8.28. The summed E-state index contributed by atoms with van der Waals surface area (Å²) in [4.78, 5) is 70.9. The summed E-state index contributed by atoms with van der Waals surface area (Å²) >= 11 is 5.90. The van der Waals surface area contributed by atoms with Gasteiger partial charge in [0.25, 0.3) is 17.7 Å². The first-order chi connectivity index (χ1) is 33.7. The highest BCUT2D eigenvalue weighted by Gasteiger charge is 2.45. The van der Waals surface area contributed by atoms with E-state index in [9.17, 15) is 37.1 Å². The minimum Gasteiger partial charge on any atom is -0.382 e. The van der Waals surface area contributed by atoms with Crippen LogP contribution in [0.1, 0.15) is 79.1 Å². The van der Waals surface area contributed by atoms with Crippen LogP contribution in [-0.2, 0) is 34.7 Å². The monoisotopic (exact) mass is 984 g/mol. The van der Waals surface area contributed by atoms with Gasteiger partial charge in [0.1, 0.15) is 17.6 Å². The van der Waals surface area contributed by atoms with Gasteiger partial charge in [-0.15, -0.1) is 5.10 Å². The van der Waals surface area contributed by atoms with E-state index in [1.807, 2.05) is 12.1 Å². The zero-order valence-electron chi connectivity index (χ0n) is 37.9. The van der Waals surface area contributed by atoms with Gasteiger partial charge in [0.15, 0.2) is 5.65 Å². The molecule has 0 bridgehead atoms. The number of halogens is 4. The third kappa shape index (κ3) is 11.7. The van der Waals surface area contributed by atoms with Crippen LogP contribution in [0.4, 0.5) is 30.4 Å². The summed E-state index contributed by atoms with van der Waals surface area (Å²) in [7, 11) is 0. The summed E-state index contributed by atoms with van der Waals surface area (Å²) < 4.78 is 64.7. The standard InChI is InChI=1S/C49H48ClF3N8O9/c1-30-31(4-2-5-37(30)45(63)56-34-27-32(49(51,52)53)26-33(50)28-34)8-9-35-29-55-41-11-12-42(58-61(35)41)59-17-14-36(15-18-59)70-25-24-69-23-22-68-21-20-67-19-16-54-39-7-3-6-38-44(39)48(66)60(47(38)65)40-10-13-43(62)57-46(40)64/h2-7,11-12,26-29,36,40,54H,10,13-25H2,1H3,(H,56,63)(H,57,62,64). The first-order valence-corrected chi connectivity index (χ1v) is 23.0. The number of aromatic nitrogens is 3. The third-order valence-electron chi connectivity index (χ3n) is 11.9. The lowest BCUT2D eigenvalue weighted by molar-refractivity contribution is -0.138. The van der Waals surface area contributed by atoms with E-state index < -0.39 is 47.3 Å². The zero-order valence-corrected chi connectivity index (χ0v) is 38.7. The lowest BCUT2D eigenvalue weighted by Gasteiger charge is -2.32. The van der Waals surface area contributed by atoms with E-state index in [1.54, 1.807) is 54.0 Å². The largest absolute Gasteiger partial charge is 0.416 e. The molecule has 2 saturated heterocycles. The molecule has 0 saturated carbocycles. The highest BCUT2D eigenvalue weighted by molar-refractivity contribution is 6.31. The predicted octanol–water partition coefficient (Wildman–Crippen LogP) is 5.91. The number of anilines is 3. The van der Waals surface area contributed by atoms with Crippen molar-refractivity contribution in [1.29, 1.82) is 0 Å². The van der Waals surface area contributed by atoms with Gasteiger partial charge in [-0.3, -0.25) is 34.2 Å². The van der Waals surface area contributed by atoms with Crippen LogP contribution in [0.5, 0.6) is 0 Å². The molecule has 1 atom stereocenters. The average Bonchev–Trinajstić information content (AvgIpc) is 3.86. The molecule has 3 aliphatic rings. The minimum absolute atomic E-state index is 0.0482. The van der Waals surface area contributed by atoms with E-state index >= 15 is 0 Å². The second-order valence-electron chi connectivity index (χ2n) is 16.5. The normalized spacial score (nSPS) is 16.3. The van der Waals surface area contributed by atoms with E-state index in [0.29, 0.717) is 80.9 Å². The molecular weight excluding hydrogens is 937 g/mol. The van der Waals surface area contributed by atoms with Crippen molar-refractivity contribution >= 4 is 64.0 Å². The van der Waals surface area contributed by atoms with Gasteiger partial charge in [0.05, 0.1) is 75.2 Å². The Morgan fingerprint density at radius 2 is 1.60 bits per heavy atom. The Morgan fingerprint density at radius 1 is 0.871 bits per heavy atom. The molecule has 70 heavy (non-hydrogen) atoms. The van der Waals surface area contributed by atoms with Gasteiger partial charge in [-0.1, -0.05) is 29.7 Å². The number of carbonyl (C=O) groups excluding carboxylic acids is 5. The van der Waals surface area contributed by atoms with Crippen molar-refractivity contribution in [2.24, 2.45) is 0 Å². The molecular formula is C49H48ClF3N8O9. The Balaban J connectivity index is 0.703. The van der Waals surface area contributed by atoms with Gasteiger partial charge in [-0.05, 0) is 92.3 Å². The molecule has 1 unspecified atom stereocenters. The Labute approximate surface area is 404 Å².